The number of benzene rings is 6. The molecule has 6 heterocycles. The van der Waals surface area contributed by atoms with Gasteiger partial charge in [-0.15, -0.1) is 0 Å². The van der Waals surface area contributed by atoms with Gasteiger partial charge in [0, 0.05) is 50.0 Å². The topological polar surface area (TPSA) is 44.5 Å². The van der Waals surface area contributed by atoms with E-state index in [4.69, 9.17) is 9.97 Å². The summed E-state index contributed by atoms with van der Waals surface area (Å²) in [6.45, 7) is 9.49. The third-order valence-electron chi connectivity index (χ3n) is 12.7. The lowest BCUT2D eigenvalue weighted by Gasteiger charge is -2.45. The van der Waals surface area contributed by atoms with Gasteiger partial charge in [0.15, 0.2) is 0 Å². The van der Waals surface area contributed by atoms with Crippen LogP contribution in [0.5, 0.6) is 0 Å². The molecule has 248 valence electrons. The number of hydrogen-bond donors (Lipinski definition) is 0. The van der Waals surface area contributed by atoms with E-state index in [0.29, 0.717) is 0 Å². The molecule has 6 aromatic carbocycles. The maximum absolute atomic E-state index is 5.17. The second kappa shape index (κ2) is 9.28. The van der Waals surface area contributed by atoms with E-state index in [2.05, 4.69) is 179 Å². The lowest BCUT2D eigenvalue weighted by atomic mass is 9.61. The molecule has 0 spiro atoms. The van der Waals surface area contributed by atoms with Crippen LogP contribution >= 0.6 is 0 Å². The second-order valence-corrected chi connectivity index (χ2v) is 15.6. The molecule has 0 saturated heterocycles. The molecule has 0 radical (unpaired) electrons. The van der Waals surface area contributed by atoms with E-state index in [9.17, 15) is 0 Å². The van der Waals surface area contributed by atoms with Gasteiger partial charge in [0.25, 0.3) is 0 Å². The van der Waals surface area contributed by atoms with Crippen LogP contribution in [0.4, 0.5) is 0 Å². The van der Waals surface area contributed by atoms with Gasteiger partial charge in [-0.05, 0) is 65.5 Å². The van der Waals surface area contributed by atoms with E-state index in [1.54, 1.807) is 0 Å². The summed E-state index contributed by atoms with van der Waals surface area (Å²) < 4.78 is 9.46. The Balaban J connectivity index is 1.17. The lowest BCUT2D eigenvalue weighted by Crippen LogP contribution is -2.44. The van der Waals surface area contributed by atoms with Crippen LogP contribution in [0.2, 0.25) is 0 Å². The maximum Gasteiger partial charge on any atom is 0.220 e. The van der Waals surface area contributed by atoms with Crippen molar-refractivity contribution in [2.24, 2.45) is 0 Å². The summed E-state index contributed by atoms with van der Waals surface area (Å²) in [6, 6.07) is 46.4. The molecule has 0 fully saturated rings. The van der Waals surface area contributed by atoms with E-state index in [-0.39, 0.29) is 10.8 Å². The summed E-state index contributed by atoms with van der Waals surface area (Å²) >= 11 is 0. The second-order valence-electron chi connectivity index (χ2n) is 15.6. The molecule has 0 amide bonds. The van der Waals surface area contributed by atoms with Gasteiger partial charge in [0.05, 0.1) is 44.3 Å². The Labute approximate surface area is 298 Å². The van der Waals surface area contributed by atoms with Crippen LogP contribution < -0.4 is 0 Å². The minimum atomic E-state index is -0.100. The van der Waals surface area contributed by atoms with E-state index >= 15 is 0 Å². The van der Waals surface area contributed by atoms with E-state index in [0.717, 1.165) is 55.8 Å². The van der Waals surface area contributed by atoms with Crippen molar-refractivity contribution >= 4 is 77.0 Å². The molecule has 0 N–H and O–H groups in total. The molecule has 12 rings (SSSR count). The standard InChI is InChI=1S/C46H34N6/c1-45(2)34-14-11-13-32-29-22-20-27(24-33(29)43-47-26-41(46(45,3)4)52(43)42(32)34)49-36-16-7-5-12-30(36)31-23-21-28(25-40(31)49)50-38-18-9-10-19-39(38)51-37-17-8-6-15-35(37)48-44(50)51/h5-26H,1-4H3. The summed E-state index contributed by atoms with van der Waals surface area (Å²) in [5.74, 6) is 0.909. The highest BCUT2D eigenvalue weighted by Gasteiger charge is 2.46. The molecule has 0 atom stereocenters. The minimum absolute atomic E-state index is 0.0521. The number of rotatable bonds is 2. The fourth-order valence-corrected chi connectivity index (χ4v) is 9.44. The van der Waals surface area contributed by atoms with Crippen LogP contribution in [0.15, 0.2) is 134 Å². The summed E-state index contributed by atoms with van der Waals surface area (Å²) in [4.78, 5) is 10.3. The van der Waals surface area contributed by atoms with Crippen molar-refractivity contribution in [1.82, 2.24) is 27.9 Å². The van der Waals surface area contributed by atoms with Gasteiger partial charge in [-0.3, -0.25) is 13.4 Å². The fourth-order valence-electron chi connectivity index (χ4n) is 9.44. The van der Waals surface area contributed by atoms with Crippen molar-refractivity contribution in [3.8, 4) is 11.4 Å². The number of aromatic nitrogens is 6. The monoisotopic (exact) mass is 670 g/mol. The molecule has 1 aliphatic heterocycles. The van der Waals surface area contributed by atoms with E-state index in [1.807, 2.05) is 0 Å². The third kappa shape index (κ3) is 3.23. The van der Waals surface area contributed by atoms with Gasteiger partial charge >= 0.3 is 0 Å². The minimum Gasteiger partial charge on any atom is -0.309 e. The first-order valence-corrected chi connectivity index (χ1v) is 18.1. The van der Waals surface area contributed by atoms with Crippen LogP contribution in [-0.4, -0.2) is 27.9 Å². The highest BCUT2D eigenvalue weighted by atomic mass is 15.2. The Morgan fingerprint density at radius 2 is 1.15 bits per heavy atom. The van der Waals surface area contributed by atoms with Gasteiger partial charge in [0.2, 0.25) is 5.78 Å². The normalized spacial score (nSPS) is 15.2. The van der Waals surface area contributed by atoms with Crippen molar-refractivity contribution < 1.29 is 0 Å². The quantitative estimate of drug-likeness (QED) is 0.172. The Bertz CT molecular complexity index is 3360. The average Bonchev–Trinajstić information content (AvgIpc) is 3.93. The molecular weight excluding hydrogens is 637 g/mol. The zero-order valence-electron chi connectivity index (χ0n) is 29.4. The molecule has 0 saturated carbocycles. The van der Waals surface area contributed by atoms with Crippen molar-refractivity contribution in [2.45, 2.75) is 38.5 Å². The van der Waals surface area contributed by atoms with Gasteiger partial charge < -0.3 is 4.57 Å². The van der Waals surface area contributed by atoms with E-state index < -0.39 is 0 Å². The molecule has 6 nitrogen and oxygen atoms in total. The number of hydrogen-bond acceptors (Lipinski definition) is 2. The lowest BCUT2D eigenvalue weighted by molar-refractivity contribution is 0.288. The number of pyridine rings is 1. The number of imidazole rings is 3. The highest BCUT2D eigenvalue weighted by Crippen LogP contribution is 2.51. The molecule has 11 aromatic rings. The smallest absolute Gasteiger partial charge is 0.220 e. The Kier molecular flexibility index (Phi) is 5.05. The van der Waals surface area contributed by atoms with Crippen molar-refractivity contribution in [1.29, 1.82) is 0 Å². The van der Waals surface area contributed by atoms with Gasteiger partial charge in [-0.25, -0.2) is 9.97 Å². The summed E-state index contributed by atoms with van der Waals surface area (Å²) in [6.07, 6.45) is 2.12. The molecule has 1 aliphatic rings. The Hall–Kier alpha value is -6.40. The van der Waals surface area contributed by atoms with Crippen LogP contribution in [0, 0.1) is 0 Å². The van der Waals surface area contributed by atoms with Gasteiger partial charge in [-0.1, -0.05) is 100 Å². The number of para-hydroxylation sites is 6. The predicted molar refractivity (Wildman–Crippen MR) is 214 cm³/mol. The average molecular weight is 671 g/mol. The van der Waals surface area contributed by atoms with Crippen molar-refractivity contribution in [2.75, 3.05) is 0 Å². The third-order valence-corrected chi connectivity index (χ3v) is 12.7. The van der Waals surface area contributed by atoms with Crippen LogP contribution in [-0.2, 0) is 10.8 Å². The van der Waals surface area contributed by atoms with Crippen molar-refractivity contribution in [3.05, 3.63) is 145 Å². The summed E-state index contributed by atoms with van der Waals surface area (Å²) in [5, 5.41) is 6.11. The van der Waals surface area contributed by atoms with E-state index in [1.165, 1.54) is 43.8 Å². The first kappa shape index (κ1) is 28.3. The zero-order valence-corrected chi connectivity index (χ0v) is 29.4. The predicted octanol–water partition coefficient (Wildman–Crippen LogP) is 11.1. The molecule has 6 heteroatoms. The number of nitrogens with zero attached hydrogens (tertiary/aromatic N) is 6. The fraction of sp³-hybridized carbons (Fsp3) is 0.130. The van der Waals surface area contributed by atoms with Gasteiger partial charge in [0.1, 0.15) is 5.65 Å². The highest BCUT2D eigenvalue weighted by molar-refractivity contribution is 6.15. The molecule has 0 bridgehead atoms. The largest absolute Gasteiger partial charge is 0.309 e. The van der Waals surface area contributed by atoms with Crippen LogP contribution in [0.3, 0.4) is 0 Å². The first-order valence-electron chi connectivity index (χ1n) is 18.1. The first-order chi connectivity index (χ1) is 25.3. The zero-order chi connectivity index (χ0) is 34.7. The molecule has 0 unspecified atom stereocenters. The summed E-state index contributed by atoms with van der Waals surface area (Å²) in [7, 11) is 0. The Morgan fingerprint density at radius 3 is 2.00 bits per heavy atom. The summed E-state index contributed by atoms with van der Waals surface area (Å²) in [5.41, 5.74) is 13.7. The molecule has 52 heavy (non-hydrogen) atoms. The maximum atomic E-state index is 5.17. The molecule has 0 aliphatic carbocycles. The Morgan fingerprint density at radius 1 is 0.481 bits per heavy atom. The SMILES string of the molecule is CC1(C)c2cccc3c4ccc(-n5c6ccccc6c6ccc(-n7c8ccccc8n8c9ccccc9nc78)cc65)cc4c4ncc(n4c23)C1(C)C. The number of fused-ring (bicyclic) bond motifs is 11. The van der Waals surface area contributed by atoms with Crippen LogP contribution in [0.25, 0.3) is 88.3 Å². The van der Waals surface area contributed by atoms with Crippen LogP contribution in [0.1, 0.15) is 39.0 Å². The van der Waals surface area contributed by atoms with Gasteiger partial charge in [-0.2, -0.15) is 0 Å². The molecular formula is C46H34N6. The molecule has 5 aromatic heterocycles. The van der Waals surface area contributed by atoms with Crippen molar-refractivity contribution in [3.63, 3.8) is 0 Å².